The average Bonchev–Trinajstić information content (AvgIpc) is 3.27. The number of hydrogen-bond acceptors (Lipinski definition) is 4. The summed E-state index contributed by atoms with van der Waals surface area (Å²) in [7, 11) is 0. The molecule has 1 aliphatic rings. The van der Waals surface area contributed by atoms with Crippen molar-refractivity contribution in [3.05, 3.63) is 69.7 Å². The molecule has 24 heavy (non-hydrogen) atoms. The fourth-order valence-electron chi connectivity index (χ4n) is 3.23. The van der Waals surface area contributed by atoms with E-state index < -0.39 is 0 Å². The zero-order valence-electron chi connectivity index (χ0n) is 13.4. The molecule has 5 nitrogen and oxygen atoms in total. The van der Waals surface area contributed by atoms with Gasteiger partial charge in [-0.3, -0.25) is 4.79 Å². The van der Waals surface area contributed by atoms with Gasteiger partial charge in [0.1, 0.15) is 0 Å². The van der Waals surface area contributed by atoms with Gasteiger partial charge < -0.3 is 4.90 Å². The van der Waals surface area contributed by atoms with Crippen LogP contribution >= 0.6 is 11.3 Å². The Labute approximate surface area is 144 Å². The smallest absolute Gasteiger partial charge is 0.276 e. The maximum atomic E-state index is 12.8. The quantitative estimate of drug-likeness (QED) is 0.737. The van der Waals surface area contributed by atoms with Crippen molar-refractivity contribution in [3.8, 4) is 0 Å². The molecular formula is C18H18N4OS. The lowest BCUT2D eigenvalue weighted by molar-refractivity contribution is 0.0671. The molecule has 6 heteroatoms. The number of carbonyl (C=O) groups is 1. The molecule has 0 aliphatic carbocycles. The molecule has 1 aliphatic heterocycles. The van der Waals surface area contributed by atoms with E-state index in [1.807, 2.05) is 22.4 Å². The molecule has 3 aromatic rings. The first-order valence-electron chi connectivity index (χ1n) is 8.03. The predicted octanol–water partition coefficient (Wildman–Crippen LogP) is 3.15. The highest BCUT2D eigenvalue weighted by Crippen LogP contribution is 2.30. The molecule has 0 fully saturated rings. The second-order valence-corrected chi connectivity index (χ2v) is 7.04. The van der Waals surface area contributed by atoms with Crippen LogP contribution in [0.5, 0.6) is 0 Å². The largest absolute Gasteiger partial charge is 0.330 e. The SMILES string of the molecule is C[C@H]1c2ccccc2CCN1C(=O)c1cn(Cc2cccs2)nn1. The lowest BCUT2D eigenvalue weighted by atomic mass is 9.93. The van der Waals surface area contributed by atoms with E-state index in [0.717, 1.165) is 13.0 Å². The van der Waals surface area contributed by atoms with Gasteiger partial charge in [0.15, 0.2) is 5.69 Å². The minimum atomic E-state index is -0.0468. The third kappa shape index (κ3) is 2.73. The first-order chi connectivity index (χ1) is 11.7. The van der Waals surface area contributed by atoms with Crippen molar-refractivity contribution in [1.29, 1.82) is 0 Å². The molecule has 1 atom stereocenters. The lowest BCUT2D eigenvalue weighted by Gasteiger charge is -2.34. The molecule has 1 aromatic carbocycles. The Morgan fingerprint density at radius 1 is 1.29 bits per heavy atom. The molecule has 0 spiro atoms. The van der Waals surface area contributed by atoms with Gasteiger partial charge in [0.25, 0.3) is 5.91 Å². The van der Waals surface area contributed by atoms with Crippen LogP contribution < -0.4 is 0 Å². The Hall–Kier alpha value is -2.47. The van der Waals surface area contributed by atoms with Crippen molar-refractivity contribution in [2.45, 2.75) is 25.9 Å². The predicted molar refractivity (Wildman–Crippen MR) is 93.0 cm³/mol. The Kier molecular flexibility index (Phi) is 3.90. The zero-order valence-corrected chi connectivity index (χ0v) is 14.2. The van der Waals surface area contributed by atoms with Crippen molar-refractivity contribution >= 4 is 17.2 Å². The highest BCUT2D eigenvalue weighted by molar-refractivity contribution is 7.09. The fourth-order valence-corrected chi connectivity index (χ4v) is 3.93. The van der Waals surface area contributed by atoms with E-state index in [1.165, 1.54) is 16.0 Å². The van der Waals surface area contributed by atoms with Gasteiger partial charge in [-0.25, -0.2) is 4.68 Å². The third-order valence-corrected chi connectivity index (χ3v) is 5.37. The second-order valence-electron chi connectivity index (χ2n) is 6.00. The summed E-state index contributed by atoms with van der Waals surface area (Å²) in [6.07, 6.45) is 2.63. The molecule has 4 rings (SSSR count). The summed E-state index contributed by atoms with van der Waals surface area (Å²) in [5.41, 5.74) is 2.97. The molecule has 0 saturated heterocycles. The van der Waals surface area contributed by atoms with E-state index in [2.05, 4.69) is 41.5 Å². The number of benzene rings is 1. The molecule has 0 unspecified atom stereocenters. The summed E-state index contributed by atoms with van der Waals surface area (Å²) in [5.74, 6) is -0.0468. The van der Waals surface area contributed by atoms with Crippen LogP contribution in [-0.4, -0.2) is 32.3 Å². The van der Waals surface area contributed by atoms with Gasteiger partial charge in [-0.05, 0) is 35.9 Å². The highest BCUT2D eigenvalue weighted by Gasteiger charge is 2.29. The monoisotopic (exact) mass is 338 g/mol. The van der Waals surface area contributed by atoms with Crippen molar-refractivity contribution in [3.63, 3.8) is 0 Å². The molecule has 1 amide bonds. The molecule has 0 bridgehead atoms. The molecule has 0 N–H and O–H groups in total. The summed E-state index contributed by atoms with van der Waals surface area (Å²) in [6.45, 7) is 3.44. The molecule has 122 valence electrons. The van der Waals surface area contributed by atoms with Crippen LogP contribution in [0.4, 0.5) is 0 Å². The van der Waals surface area contributed by atoms with Crippen LogP contribution in [0.3, 0.4) is 0 Å². The van der Waals surface area contributed by atoms with Crippen molar-refractivity contribution in [2.75, 3.05) is 6.54 Å². The van der Waals surface area contributed by atoms with E-state index in [4.69, 9.17) is 0 Å². The summed E-state index contributed by atoms with van der Waals surface area (Å²) in [5, 5.41) is 10.2. The van der Waals surface area contributed by atoms with E-state index in [-0.39, 0.29) is 11.9 Å². The number of hydrogen-bond donors (Lipinski definition) is 0. The molecule has 3 heterocycles. The second kappa shape index (κ2) is 6.20. The molecule has 0 saturated carbocycles. The van der Waals surface area contributed by atoms with Gasteiger partial charge in [-0.1, -0.05) is 35.5 Å². The summed E-state index contributed by atoms with van der Waals surface area (Å²) < 4.78 is 1.72. The van der Waals surface area contributed by atoms with E-state index >= 15 is 0 Å². The Bertz CT molecular complexity index is 856. The third-order valence-electron chi connectivity index (χ3n) is 4.51. The number of amides is 1. The van der Waals surface area contributed by atoms with E-state index in [1.54, 1.807) is 22.2 Å². The number of aromatic nitrogens is 3. The van der Waals surface area contributed by atoms with Crippen LogP contribution in [0.2, 0.25) is 0 Å². The number of carbonyl (C=O) groups excluding carboxylic acids is 1. The highest BCUT2D eigenvalue weighted by atomic mass is 32.1. The maximum absolute atomic E-state index is 12.8. The van der Waals surface area contributed by atoms with E-state index in [9.17, 15) is 4.79 Å². The lowest BCUT2D eigenvalue weighted by Crippen LogP contribution is -2.39. The minimum Gasteiger partial charge on any atom is -0.330 e. The van der Waals surface area contributed by atoms with Crippen molar-refractivity contribution in [1.82, 2.24) is 19.9 Å². The normalized spacial score (nSPS) is 16.9. The van der Waals surface area contributed by atoms with Crippen LogP contribution in [0.1, 0.15) is 39.5 Å². The van der Waals surface area contributed by atoms with Crippen LogP contribution in [0, 0.1) is 0 Å². The molecule has 2 aromatic heterocycles. The van der Waals surface area contributed by atoms with Gasteiger partial charge >= 0.3 is 0 Å². The summed E-state index contributed by atoms with van der Waals surface area (Å²) >= 11 is 1.67. The molecular weight excluding hydrogens is 320 g/mol. The van der Waals surface area contributed by atoms with Gasteiger partial charge in [-0.2, -0.15) is 0 Å². The Balaban J connectivity index is 1.53. The number of thiophene rings is 1. The summed E-state index contributed by atoms with van der Waals surface area (Å²) in [6, 6.07) is 12.5. The van der Waals surface area contributed by atoms with Crippen LogP contribution in [0.15, 0.2) is 48.0 Å². The number of fused-ring (bicyclic) bond motifs is 1. The number of nitrogens with zero attached hydrogens (tertiary/aromatic N) is 4. The Morgan fingerprint density at radius 2 is 2.17 bits per heavy atom. The van der Waals surface area contributed by atoms with Crippen LogP contribution in [-0.2, 0) is 13.0 Å². The van der Waals surface area contributed by atoms with Gasteiger partial charge in [0, 0.05) is 11.4 Å². The maximum Gasteiger partial charge on any atom is 0.276 e. The average molecular weight is 338 g/mol. The molecule has 0 radical (unpaired) electrons. The van der Waals surface area contributed by atoms with E-state index in [0.29, 0.717) is 12.2 Å². The first-order valence-corrected chi connectivity index (χ1v) is 8.91. The Morgan fingerprint density at radius 3 is 3.00 bits per heavy atom. The first kappa shape index (κ1) is 15.1. The van der Waals surface area contributed by atoms with Crippen LogP contribution in [0.25, 0.3) is 0 Å². The minimum absolute atomic E-state index is 0.0468. The fraction of sp³-hybridized carbons (Fsp3) is 0.278. The van der Waals surface area contributed by atoms with Crippen molar-refractivity contribution in [2.24, 2.45) is 0 Å². The van der Waals surface area contributed by atoms with Gasteiger partial charge in [-0.15, -0.1) is 16.4 Å². The topological polar surface area (TPSA) is 51.0 Å². The standard InChI is InChI=1S/C18H18N4OS/c1-13-16-7-3-2-5-14(16)8-9-22(13)18(23)17-12-21(20-19-17)11-15-6-4-10-24-15/h2-7,10,12-13H,8-9,11H2,1H3/t13-/m0/s1. The summed E-state index contributed by atoms with van der Waals surface area (Å²) in [4.78, 5) is 15.9. The zero-order chi connectivity index (χ0) is 16.5. The van der Waals surface area contributed by atoms with Gasteiger partial charge in [0.05, 0.1) is 18.8 Å². The van der Waals surface area contributed by atoms with Crippen molar-refractivity contribution < 1.29 is 4.79 Å². The number of rotatable bonds is 3. The van der Waals surface area contributed by atoms with Gasteiger partial charge in [0.2, 0.25) is 0 Å².